The molecule has 132 valence electrons. The van der Waals surface area contributed by atoms with E-state index in [1.807, 2.05) is 30.3 Å². The van der Waals surface area contributed by atoms with Gasteiger partial charge in [0.05, 0.1) is 0 Å². The Morgan fingerprint density at radius 3 is 2.50 bits per heavy atom. The molecule has 1 atom stereocenters. The van der Waals surface area contributed by atoms with Crippen molar-refractivity contribution < 1.29 is 19.1 Å². The Morgan fingerprint density at radius 1 is 1.17 bits per heavy atom. The smallest absolute Gasteiger partial charge is 0.407 e. The van der Waals surface area contributed by atoms with E-state index >= 15 is 0 Å². The van der Waals surface area contributed by atoms with Crippen LogP contribution in [0, 0.1) is 0 Å². The van der Waals surface area contributed by atoms with Crippen LogP contribution in [0.5, 0.6) is 0 Å². The zero-order chi connectivity index (χ0) is 17.8. The first-order valence-corrected chi connectivity index (χ1v) is 8.06. The van der Waals surface area contributed by atoms with Gasteiger partial charge in [-0.3, -0.25) is 9.59 Å². The third-order valence-electron chi connectivity index (χ3n) is 3.40. The molecular formula is C17H25N3O4. The number of carbonyl (C=O) groups is 3. The molecular weight excluding hydrogens is 310 g/mol. The zero-order valence-electron chi connectivity index (χ0n) is 13.9. The number of primary amides is 1. The second kappa shape index (κ2) is 11.0. The van der Waals surface area contributed by atoms with E-state index in [-0.39, 0.29) is 12.5 Å². The van der Waals surface area contributed by atoms with E-state index in [2.05, 4.69) is 10.6 Å². The molecule has 0 unspecified atom stereocenters. The fourth-order valence-electron chi connectivity index (χ4n) is 2.02. The van der Waals surface area contributed by atoms with Gasteiger partial charge in [0.25, 0.3) is 0 Å². The van der Waals surface area contributed by atoms with Crippen LogP contribution < -0.4 is 16.4 Å². The van der Waals surface area contributed by atoms with Crippen LogP contribution in [0.2, 0.25) is 0 Å². The Balaban J connectivity index is 2.14. The SMILES string of the molecule is CCC(=O)N[C@@H](CCCCNC(=O)OCc1ccccc1)C(N)=O. The van der Waals surface area contributed by atoms with Crippen molar-refractivity contribution in [2.75, 3.05) is 6.54 Å². The molecule has 3 amide bonds. The third-order valence-corrected chi connectivity index (χ3v) is 3.40. The van der Waals surface area contributed by atoms with Gasteiger partial charge in [-0.05, 0) is 24.8 Å². The Morgan fingerprint density at radius 2 is 1.88 bits per heavy atom. The first-order valence-electron chi connectivity index (χ1n) is 8.06. The Bertz CT molecular complexity index is 534. The second-order valence-corrected chi connectivity index (χ2v) is 5.36. The first-order chi connectivity index (χ1) is 11.5. The quantitative estimate of drug-likeness (QED) is 0.562. The lowest BCUT2D eigenvalue weighted by atomic mass is 10.1. The summed E-state index contributed by atoms with van der Waals surface area (Å²) >= 11 is 0. The summed E-state index contributed by atoms with van der Waals surface area (Å²) in [5.74, 6) is -0.756. The summed E-state index contributed by atoms with van der Waals surface area (Å²) in [6, 6.07) is 8.74. The maximum absolute atomic E-state index is 11.5. The van der Waals surface area contributed by atoms with Crippen molar-refractivity contribution >= 4 is 17.9 Å². The number of nitrogens with one attached hydrogen (secondary N) is 2. The minimum absolute atomic E-state index is 0.207. The van der Waals surface area contributed by atoms with Gasteiger partial charge in [-0.2, -0.15) is 0 Å². The predicted molar refractivity (Wildman–Crippen MR) is 89.9 cm³/mol. The van der Waals surface area contributed by atoms with Crippen molar-refractivity contribution in [2.24, 2.45) is 5.73 Å². The first kappa shape index (κ1) is 19.5. The van der Waals surface area contributed by atoms with E-state index < -0.39 is 18.0 Å². The zero-order valence-corrected chi connectivity index (χ0v) is 13.9. The number of ether oxygens (including phenoxy) is 1. The Hall–Kier alpha value is -2.57. The number of amides is 3. The summed E-state index contributed by atoms with van der Waals surface area (Å²) in [7, 11) is 0. The molecule has 7 nitrogen and oxygen atoms in total. The van der Waals surface area contributed by atoms with Gasteiger partial charge in [-0.25, -0.2) is 4.79 Å². The second-order valence-electron chi connectivity index (χ2n) is 5.36. The Labute approximate surface area is 141 Å². The average molecular weight is 335 g/mol. The van der Waals surface area contributed by atoms with E-state index in [9.17, 15) is 14.4 Å². The average Bonchev–Trinajstić information content (AvgIpc) is 2.59. The van der Waals surface area contributed by atoms with Gasteiger partial charge in [0, 0.05) is 13.0 Å². The van der Waals surface area contributed by atoms with E-state index in [0.29, 0.717) is 32.2 Å². The molecule has 0 saturated carbocycles. The molecule has 0 bridgehead atoms. The van der Waals surface area contributed by atoms with Crippen molar-refractivity contribution in [1.29, 1.82) is 0 Å². The number of hydrogen-bond acceptors (Lipinski definition) is 4. The van der Waals surface area contributed by atoms with Gasteiger partial charge in [-0.15, -0.1) is 0 Å². The predicted octanol–water partition coefficient (Wildman–Crippen LogP) is 1.46. The molecule has 0 aliphatic heterocycles. The standard InChI is InChI=1S/C17H25N3O4/c1-2-15(21)20-14(16(18)22)10-6-7-11-19-17(23)24-12-13-8-4-3-5-9-13/h3-5,8-9,14H,2,6-7,10-12H2,1H3,(H2,18,22)(H,19,23)(H,20,21)/t14-/m0/s1. The molecule has 0 aliphatic carbocycles. The highest BCUT2D eigenvalue weighted by Gasteiger charge is 2.16. The van der Waals surface area contributed by atoms with Crippen LogP contribution in [-0.4, -0.2) is 30.5 Å². The minimum Gasteiger partial charge on any atom is -0.445 e. The molecule has 1 rings (SSSR count). The number of alkyl carbamates (subject to hydrolysis) is 1. The summed E-state index contributed by atoms with van der Waals surface area (Å²) < 4.78 is 5.08. The molecule has 0 aliphatic rings. The van der Waals surface area contributed by atoms with E-state index in [1.54, 1.807) is 6.92 Å². The van der Waals surface area contributed by atoms with Crippen molar-refractivity contribution in [3.63, 3.8) is 0 Å². The van der Waals surface area contributed by atoms with Gasteiger partial charge < -0.3 is 21.1 Å². The Kier molecular flexibility index (Phi) is 8.96. The molecule has 0 heterocycles. The van der Waals surface area contributed by atoms with Crippen LogP contribution in [0.1, 0.15) is 38.2 Å². The van der Waals surface area contributed by atoms with E-state index in [1.165, 1.54) is 0 Å². The number of hydrogen-bond donors (Lipinski definition) is 3. The van der Waals surface area contributed by atoms with Crippen molar-refractivity contribution in [2.45, 2.75) is 45.3 Å². The number of nitrogens with two attached hydrogens (primary N) is 1. The molecule has 1 aromatic carbocycles. The summed E-state index contributed by atoms with van der Waals surface area (Å²) in [5, 5.41) is 5.22. The normalized spacial score (nSPS) is 11.4. The lowest BCUT2D eigenvalue weighted by Gasteiger charge is -2.14. The van der Waals surface area contributed by atoms with Crippen LogP contribution in [-0.2, 0) is 20.9 Å². The molecule has 1 aromatic rings. The highest BCUT2D eigenvalue weighted by Crippen LogP contribution is 2.02. The molecule has 0 spiro atoms. The van der Waals surface area contributed by atoms with E-state index in [4.69, 9.17) is 10.5 Å². The maximum Gasteiger partial charge on any atom is 0.407 e. The lowest BCUT2D eigenvalue weighted by Crippen LogP contribution is -2.44. The molecule has 0 aromatic heterocycles. The number of unbranched alkanes of at least 4 members (excludes halogenated alkanes) is 1. The van der Waals surface area contributed by atoms with Crippen molar-refractivity contribution in [3.05, 3.63) is 35.9 Å². The monoisotopic (exact) mass is 335 g/mol. The molecule has 0 radical (unpaired) electrons. The van der Waals surface area contributed by atoms with Gasteiger partial charge in [0.1, 0.15) is 12.6 Å². The largest absolute Gasteiger partial charge is 0.445 e. The highest BCUT2D eigenvalue weighted by atomic mass is 16.5. The summed E-state index contributed by atoms with van der Waals surface area (Å²) in [5.41, 5.74) is 6.17. The highest BCUT2D eigenvalue weighted by molar-refractivity contribution is 5.86. The van der Waals surface area contributed by atoms with Crippen molar-refractivity contribution in [1.82, 2.24) is 10.6 Å². The molecule has 0 fully saturated rings. The van der Waals surface area contributed by atoms with Crippen LogP contribution in [0.4, 0.5) is 4.79 Å². The molecule has 4 N–H and O–H groups in total. The van der Waals surface area contributed by atoms with Crippen molar-refractivity contribution in [3.8, 4) is 0 Å². The van der Waals surface area contributed by atoms with Gasteiger partial charge >= 0.3 is 6.09 Å². The van der Waals surface area contributed by atoms with Crippen LogP contribution in [0.3, 0.4) is 0 Å². The van der Waals surface area contributed by atoms with Crippen LogP contribution >= 0.6 is 0 Å². The van der Waals surface area contributed by atoms with Crippen LogP contribution in [0.25, 0.3) is 0 Å². The summed E-state index contributed by atoms with van der Waals surface area (Å²) in [6.07, 6.45) is 1.58. The van der Waals surface area contributed by atoms with Gasteiger partial charge in [-0.1, -0.05) is 37.3 Å². The molecule has 24 heavy (non-hydrogen) atoms. The molecule has 0 saturated heterocycles. The number of carbonyl (C=O) groups excluding carboxylic acids is 3. The summed E-state index contributed by atoms with van der Waals surface area (Å²) in [4.78, 5) is 34.1. The topological polar surface area (TPSA) is 111 Å². The minimum atomic E-state index is -0.664. The fraction of sp³-hybridized carbons (Fsp3) is 0.471. The molecule has 7 heteroatoms. The number of rotatable bonds is 10. The van der Waals surface area contributed by atoms with E-state index in [0.717, 1.165) is 5.56 Å². The number of benzene rings is 1. The fourth-order valence-corrected chi connectivity index (χ4v) is 2.02. The summed E-state index contributed by atoms with van der Waals surface area (Å²) in [6.45, 7) is 2.36. The van der Waals surface area contributed by atoms with Gasteiger partial charge in [0.15, 0.2) is 0 Å². The third kappa shape index (κ3) is 8.17. The van der Waals surface area contributed by atoms with Crippen LogP contribution in [0.15, 0.2) is 30.3 Å². The lowest BCUT2D eigenvalue weighted by molar-refractivity contribution is -0.127. The maximum atomic E-state index is 11.5. The van der Waals surface area contributed by atoms with Gasteiger partial charge in [0.2, 0.25) is 11.8 Å².